The number of aliphatic carboxylic acids is 1. The Balaban J connectivity index is 2.57. The molecule has 112 valence electrons. The number of carboxylic acid groups (broad SMARTS) is 1. The van der Waals surface area contributed by atoms with Gasteiger partial charge in [0.15, 0.2) is 0 Å². The van der Waals surface area contributed by atoms with Crippen LogP contribution in [0.15, 0.2) is 24.3 Å². The minimum absolute atomic E-state index is 0.0102. The summed E-state index contributed by atoms with van der Waals surface area (Å²) in [6.45, 7) is 4.00. The highest BCUT2D eigenvalue weighted by Crippen LogP contribution is 2.23. The van der Waals surface area contributed by atoms with Crippen molar-refractivity contribution in [3.63, 3.8) is 0 Å². The molecule has 0 aliphatic heterocycles. The highest BCUT2D eigenvalue weighted by atomic mass is 16.5. The Morgan fingerprint density at radius 1 is 1.33 bits per heavy atom. The van der Waals surface area contributed by atoms with E-state index in [1.54, 1.807) is 7.11 Å². The summed E-state index contributed by atoms with van der Waals surface area (Å²) in [6, 6.07) is 7.62. The van der Waals surface area contributed by atoms with E-state index in [1.165, 1.54) is 0 Å². The second-order valence-corrected chi connectivity index (χ2v) is 4.76. The molecule has 0 saturated heterocycles. The molecule has 2 aromatic rings. The summed E-state index contributed by atoms with van der Waals surface area (Å²) in [5, 5.41) is 13.7. The Morgan fingerprint density at radius 2 is 2.10 bits per heavy atom. The van der Waals surface area contributed by atoms with Gasteiger partial charge in [-0.3, -0.25) is 4.79 Å². The SMILES string of the molecule is CCc1nn(-c2cccc(OC)c2)c(CC)c1CC(=O)O. The van der Waals surface area contributed by atoms with Gasteiger partial charge in [-0.25, -0.2) is 4.68 Å². The van der Waals surface area contributed by atoms with Gasteiger partial charge in [-0.05, 0) is 25.0 Å². The molecular weight excluding hydrogens is 268 g/mol. The van der Waals surface area contributed by atoms with Crippen LogP contribution in [-0.2, 0) is 24.1 Å². The van der Waals surface area contributed by atoms with Crippen LogP contribution in [0.25, 0.3) is 5.69 Å². The molecule has 0 spiro atoms. The standard InChI is InChI=1S/C16H20N2O3/c1-4-14-13(10-16(19)20)15(5-2)18(17-14)11-7-6-8-12(9-11)21-3/h6-9H,4-5,10H2,1-3H3,(H,19,20). The van der Waals surface area contributed by atoms with Gasteiger partial charge in [-0.15, -0.1) is 0 Å². The predicted molar refractivity (Wildman–Crippen MR) is 80.2 cm³/mol. The monoisotopic (exact) mass is 288 g/mol. The van der Waals surface area contributed by atoms with E-state index in [0.717, 1.165) is 34.8 Å². The van der Waals surface area contributed by atoms with Gasteiger partial charge in [-0.2, -0.15) is 5.10 Å². The number of aryl methyl sites for hydroxylation is 1. The van der Waals surface area contributed by atoms with Crippen LogP contribution in [0.1, 0.15) is 30.8 Å². The van der Waals surface area contributed by atoms with Crippen molar-refractivity contribution in [2.75, 3.05) is 7.11 Å². The largest absolute Gasteiger partial charge is 0.497 e. The van der Waals surface area contributed by atoms with Gasteiger partial charge in [0.2, 0.25) is 0 Å². The summed E-state index contributed by atoms with van der Waals surface area (Å²) in [4.78, 5) is 11.1. The van der Waals surface area contributed by atoms with Crippen molar-refractivity contribution in [3.8, 4) is 11.4 Å². The van der Waals surface area contributed by atoms with E-state index >= 15 is 0 Å². The third-order valence-electron chi connectivity index (χ3n) is 3.47. The Bertz CT molecular complexity index is 647. The smallest absolute Gasteiger partial charge is 0.307 e. The van der Waals surface area contributed by atoms with Gasteiger partial charge < -0.3 is 9.84 Å². The molecule has 1 aromatic carbocycles. The van der Waals surface area contributed by atoms with Crippen molar-refractivity contribution in [1.82, 2.24) is 9.78 Å². The van der Waals surface area contributed by atoms with E-state index < -0.39 is 5.97 Å². The molecule has 0 bridgehead atoms. The average molecular weight is 288 g/mol. The molecule has 0 radical (unpaired) electrons. The zero-order chi connectivity index (χ0) is 15.4. The molecule has 0 atom stereocenters. The average Bonchev–Trinajstić information content (AvgIpc) is 2.84. The van der Waals surface area contributed by atoms with Crippen LogP contribution in [0.5, 0.6) is 5.75 Å². The van der Waals surface area contributed by atoms with Crippen LogP contribution >= 0.6 is 0 Å². The van der Waals surface area contributed by atoms with E-state index in [4.69, 9.17) is 9.84 Å². The molecule has 0 amide bonds. The lowest BCUT2D eigenvalue weighted by molar-refractivity contribution is -0.136. The van der Waals surface area contributed by atoms with E-state index in [1.807, 2.05) is 42.8 Å². The minimum atomic E-state index is -0.829. The summed E-state index contributed by atoms with van der Waals surface area (Å²) in [7, 11) is 1.62. The number of rotatable bonds is 6. The van der Waals surface area contributed by atoms with Gasteiger partial charge >= 0.3 is 5.97 Å². The Morgan fingerprint density at radius 3 is 2.67 bits per heavy atom. The molecular formula is C16H20N2O3. The van der Waals surface area contributed by atoms with Crippen LogP contribution in [0.4, 0.5) is 0 Å². The fourth-order valence-electron chi connectivity index (χ4n) is 2.49. The molecule has 1 aromatic heterocycles. The number of aromatic nitrogens is 2. The first kappa shape index (κ1) is 15.1. The third-order valence-corrected chi connectivity index (χ3v) is 3.47. The van der Waals surface area contributed by atoms with Gasteiger partial charge in [0.25, 0.3) is 0 Å². The molecule has 1 N–H and O–H groups in total. The van der Waals surface area contributed by atoms with Crippen molar-refractivity contribution in [2.24, 2.45) is 0 Å². The number of hydrogen-bond acceptors (Lipinski definition) is 3. The summed E-state index contributed by atoms with van der Waals surface area (Å²) in [6.07, 6.45) is 1.45. The van der Waals surface area contributed by atoms with Crippen LogP contribution in [0.3, 0.4) is 0 Å². The zero-order valence-electron chi connectivity index (χ0n) is 12.6. The zero-order valence-corrected chi connectivity index (χ0v) is 12.6. The molecule has 1 heterocycles. The normalized spacial score (nSPS) is 10.6. The molecule has 0 aliphatic carbocycles. The number of benzene rings is 1. The van der Waals surface area contributed by atoms with Gasteiger partial charge in [0, 0.05) is 17.3 Å². The number of nitrogens with zero attached hydrogens (tertiary/aromatic N) is 2. The first-order chi connectivity index (χ1) is 10.1. The topological polar surface area (TPSA) is 64.4 Å². The molecule has 5 heteroatoms. The number of hydrogen-bond donors (Lipinski definition) is 1. The quantitative estimate of drug-likeness (QED) is 0.887. The first-order valence-electron chi connectivity index (χ1n) is 7.06. The third kappa shape index (κ3) is 3.07. The lowest BCUT2D eigenvalue weighted by Gasteiger charge is -2.08. The maximum atomic E-state index is 11.1. The van der Waals surface area contributed by atoms with E-state index in [-0.39, 0.29) is 6.42 Å². The summed E-state index contributed by atoms with van der Waals surface area (Å²) in [5.74, 6) is -0.0764. The molecule has 21 heavy (non-hydrogen) atoms. The van der Waals surface area contributed by atoms with E-state index in [9.17, 15) is 4.79 Å². The van der Waals surface area contributed by atoms with Gasteiger partial charge in [0.05, 0.1) is 24.9 Å². The Kier molecular flexibility index (Phi) is 4.62. The molecule has 0 saturated carbocycles. The van der Waals surface area contributed by atoms with Crippen molar-refractivity contribution in [3.05, 3.63) is 41.2 Å². The summed E-state index contributed by atoms with van der Waals surface area (Å²) < 4.78 is 7.08. The number of carbonyl (C=O) groups is 1. The summed E-state index contributed by atoms with van der Waals surface area (Å²) >= 11 is 0. The second kappa shape index (κ2) is 6.43. The lowest BCUT2D eigenvalue weighted by atomic mass is 10.1. The van der Waals surface area contributed by atoms with Crippen LogP contribution in [0.2, 0.25) is 0 Å². The molecule has 0 aliphatic rings. The maximum Gasteiger partial charge on any atom is 0.307 e. The van der Waals surface area contributed by atoms with Crippen molar-refractivity contribution in [1.29, 1.82) is 0 Å². The van der Waals surface area contributed by atoms with Crippen LogP contribution < -0.4 is 4.74 Å². The van der Waals surface area contributed by atoms with Crippen molar-refractivity contribution < 1.29 is 14.6 Å². The number of carboxylic acids is 1. The summed E-state index contributed by atoms with van der Waals surface area (Å²) in [5.41, 5.74) is 3.51. The fraction of sp³-hybridized carbons (Fsp3) is 0.375. The van der Waals surface area contributed by atoms with Gasteiger partial charge in [0.1, 0.15) is 5.75 Å². The Hall–Kier alpha value is -2.30. The van der Waals surface area contributed by atoms with Crippen molar-refractivity contribution in [2.45, 2.75) is 33.1 Å². The molecule has 0 fully saturated rings. The highest BCUT2D eigenvalue weighted by molar-refractivity contribution is 5.71. The van der Waals surface area contributed by atoms with Crippen LogP contribution in [-0.4, -0.2) is 28.0 Å². The van der Waals surface area contributed by atoms with Crippen molar-refractivity contribution >= 4 is 5.97 Å². The van der Waals surface area contributed by atoms with E-state index in [2.05, 4.69) is 5.10 Å². The second-order valence-electron chi connectivity index (χ2n) is 4.76. The Labute approximate surface area is 124 Å². The number of methoxy groups -OCH3 is 1. The van der Waals surface area contributed by atoms with Crippen LogP contribution in [0, 0.1) is 0 Å². The fourth-order valence-corrected chi connectivity index (χ4v) is 2.49. The highest BCUT2D eigenvalue weighted by Gasteiger charge is 2.18. The predicted octanol–water partition coefficient (Wildman–Crippen LogP) is 2.63. The molecule has 0 unspecified atom stereocenters. The molecule has 5 nitrogen and oxygen atoms in total. The lowest BCUT2D eigenvalue weighted by Crippen LogP contribution is -2.06. The first-order valence-corrected chi connectivity index (χ1v) is 7.06. The molecule has 2 rings (SSSR count). The van der Waals surface area contributed by atoms with Gasteiger partial charge in [-0.1, -0.05) is 19.9 Å². The number of ether oxygens (including phenoxy) is 1. The van der Waals surface area contributed by atoms with E-state index in [0.29, 0.717) is 6.42 Å². The maximum absolute atomic E-state index is 11.1. The minimum Gasteiger partial charge on any atom is -0.497 e.